The number of carbonyl (C=O) groups is 1. The van der Waals surface area contributed by atoms with Crippen molar-refractivity contribution in [2.75, 3.05) is 5.32 Å². The summed E-state index contributed by atoms with van der Waals surface area (Å²) in [6, 6.07) is 9.33. The Hall–Kier alpha value is -1.77. The van der Waals surface area contributed by atoms with Crippen molar-refractivity contribution < 1.29 is 17.6 Å². The first-order chi connectivity index (χ1) is 11.2. The van der Waals surface area contributed by atoms with Crippen LogP contribution in [0, 0.1) is 12.7 Å². The number of aryl methyl sites for hydroxylation is 1. The van der Waals surface area contributed by atoms with Crippen molar-refractivity contribution in [3.63, 3.8) is 0 Å². The minimum Gasteiger partial charge on any atom is -0.322 e. The Morgan fingerprint density at radius 2 is 1.79 bits per heavy atom. The molecule has 1 unspecified atom stereocenters. The maximum atomic E-state index is 13.7. The summed E-state index contributed by atoms with van der Waals surface area (Å²) < 4.78 is 41.0. The molecular formula is C16H16BrFN2O3S. The number of nitrogens with one attached hydrogen (secondary N) is 2. The largest absolute Gasteiger partial charge is 0.322 e. The SMILES string of the molecule is Cc1ccc(S(=O)(=O)NC(C)C(=O)Nc2ccc(Br)cc2F)cc1. The lowest BCUT2D eigenvalue weighted by atomic mass is 10.2. The molecule has 1 amide bonds. The molecule has 5 nitrogen and oxygen atoms in total. The van der Waals surface area contributed by atoms with Gasteiger partial charge in [-0.2, -0.15) is 4.72 Å². The number of hydrogen-bond acceptors (Lipinski definition) is 3. The van der Waals surface area contributed by atoms with E-state index in [2.05, 4.69) is 26.0 Å². The van der Waals surface area contributed by atoms with Gasteiger partial charge in [0.1, 0.15) is 5.82 Å². The van der Waals surface area contributed by atoms with E-state index in [1.54, 1.807) is 18.2 Å². The van der Waals surface area contributed by atoms with Crippen LogP contribution in [0.15, 0.2) is 51.8 Å². The van der Waals surface area contributed by atoms with Gasteiger partial charge < -0.3 is 5.32 Å². The Balaban J connectivity index is 2.09. The zero-order valence-electron chi connectivity index (χ0n) is 13.0. The highest BCUT2D eigenvalue weighted by molar-refractivity contribution is 9.10. The van der Waals surface area contributed by atoms with Crippen LogP contribution in [-0.4, -0.2) is 20.4 Å². The van der Waals surface area contributed by atoms with Gasteiger partial charge in [0, 0.05) is 4.47 Å². The van der Waals surface area contributed by atoms with E-state index in [1.807, 2.05) is 6.92 Å². The van der Waals surface area contributed by atoms with Crippen LogP contribution in [0.2, 0.25) is 0 Å². The van der Waals surface area contributed by atoms with E-state index in [0.717, 1.165) is 5.56 Å². The summed E-state index contributed by atoms with van der Waals surface area (Å²) in [5.41, 5.74) is 0.898. The number of anilines is 1. The van der Waals surface area contributed by atoms with E-state index in [1.165, 1.54) is 31.2 Å². The molecule has 0 aromatic heterocycles. The molecule has 8 heteroatoms. The van der Waals surface area contributed by atoms with Gasteiger partial charge in [-0.15, -0.1) is 0 Å². The molecule has 0 saturated carbocycles. The smallest absolute Gasteiger partial charge is 0.242 e. The van der Waals surface area contributed by atoms with Crippen molar-refractivity contribution in [3.05, 3.63) is 58.3 Å². The topological polar surface area (TPSA) is 75.3 Å². The Morgan fingerprint density at radius 1 is 1.17 bits per heavy atom. The zero-order valence-corrected chi connectivity index (χ0v) is 15.4. The van der Waals surface area contributed by atoms with Crippen molar-refractivity contribution in [2.24, 2.45) is 0 Å². The van der Waals surface area contributed by atoms with Crippen LogP contribution in [-0.2, 0) is 14.8 Å². The monoisotopic (exact) mass is 414 g/mol. The van der Waals surface area contributed by atoms with Crippen molar-refractivity contribution in [1.29, 1.82) is 0 Å². The van der Waals surface area contributed by atoms with Crippen LogP contribution < -0.4 is 10.0 Å². The van der Waals surface area contributed by atoms with E-state index in [0.29, 0.717) is 4.47 Å². The summed E-state index contributed by atoms with van der Waals surface area (Å²) in [6.07, 6.45) is 0. The second-order valence-electron chi connectivity index (χ2n) is 5.27. The lowest BCUT2D eigenvalue weighted by Gasteiger charge is -2.15. The number of amides is 1. The van der Waals surface area contributed by atoms with Gasteiger partial charge in [-0.1, -0.05) is 33.6 Å². The number of sulfonamides is 1. The van der Waals surface area contributed by atoms with Gasteiger partial charge >= 0.3 is 0 Å². The highest BCUT2D eigenvalue weighted by atomic mass is 79.9. The molecule has 24 heavy (non-hydrogen) atoms. The normalized spacial score (nSPS) is 12.7. The number of carbonyl (C=O) groups excluding carboxylic acids is 1. The van der Waals surface area contributed by atoms with Crippen molar-refractivity contribution >= 4 is 37.5 Å². The van der Waals surface area contributed by atoms with Crippen molar-refractivity contribution in [3.8, 4) is 0 Å². The molecule has 0 spiro atoms. The van der Waals surface area contributed by atoms with Crippen molar-refractivity contribution in [2.45, 2.75) is 24.8 Å². The van der Waals surface area contributed by atoms with Gasteiger partial charge in [-0.05, 0) is 44.2 Å². The Bertz CT molecular complexity index is 854. The number of benzene rings is 2. The summed E-state index contributed by atoms with van der Waals surface area (Å²) >= 11 is 3.12. The predicted molar refractivity (Wildman–Crippen MR) is 93.7 cm³/mol. The molecule has 0 aliphatic rings. The molecular weight excluding hydrogens is 399 g/mol. The van der Waals surface area contributed by atoms with E-state index in [-0.39, 0.29) is 10.6 Å². The summed E-state index contributed by atoms with van der Waals surface area (Å²) in [5, 5.41) is 2.36. The van der Waals surface area contributed by atoms with Crippen LogP contribution in [0.1, 0.15) is 12.5 Å². The molecule has 2 aromatic carbocycles. The van der Waals surface area contributed by atoms with E-state index < -0.39 is 27.8 Å². The molecule has 2 rings (SSSR count). The molecule has 0 heterocycles. The first kappa shape index (κ1) is 18.6. The Labute approximate surface area is 148 Å². The standard InChI is InChI=1S/C16H16BrFN2O3S/c1-10-3-6-13(7-4-10)24(22,23)20-11(2)16(21)19-15-8-5-12(17)9-14(15)18/h3-9,11,20H,1-2H3,(H,19,21). The number of halogens is 2. The van der Waals surface area contributed by atoms with E-state index >= 15 is 0 Å². The molecule has 0 saturated heterocycles. The van der Waals surface area contributed by atoms with Crippen LogP contribution in [0.25, 0.3) is 0 Å². The van der Waals surface area contributed by atoms with Gasteiger partial charge in [0.15, 0.2) is 0 Å². The fraction of sp³-hybridized carbons (Fsp3) is 0.188. The van der Waals surface area contributed by atoms with Crippen LogP contribution in [0.4, 0.5) is 10.1 Å². The van der Waals surface area contributed by atoms with Gasteiger partial charge in [0.2, 0.25) is 15.9 Å². The average Bonchev–Trinajstić information content (AvgIpc) is 2.50. The van der Waals surface area contributed by atoms with Gasteiger partial charge in [0.25, 0.3) is 0 Å². The van der Waals surface area contributed by atoms with Gasteiger partial charge in [-0.25, -0.2) is 12.8 Å². The number of rotatable bonds is 5. The van der Waals surface area contributed by atoms with Crippen LogP contribution in [0.5, 0.6) is 0 Å². The molecule has 128 valence electrons. The fourth-order valence-electron chi connectivity index (χ4n) is 1.90. The summed E-state index contributed by atoms with van der Waals surface area (Å²) in [6.45, 7) is 3.23. The molecule has 2 aromatic rings. The predicted octanol–water partition coefficient (Wildman–Crippen LogP) is 3.20. The minimum atomic E-state index is -3.84. The summed E-state index contributed by atoms with van der Waals surface area (Å²) in [5.74, 6) is -1.28. The molecule has 1 atom stereocenters. The Morgan fingerprint density at radius 3 is 2.38 bits per heavy atom. The zero-order chi connectivity index (χ0) is 17.9. The second kappa shape index (κ2) is 7.42. The number of hydrogen-bond donors (Lipinski definition) is 2. The van der Waals surface area contributed by atoms with Crippen LogP contribution >= 0.6 is 15.9 Å². The third-order valence-electron chi connectivity index (χ3n) is 3.25. The maximum Gasteiger partial charge on any atom is 0.242 e. The highest BCUT2D eigenvalue weighted by Gasteiger charge is 2.22. The molecule has 0 radical (unpaired) electrons. The molecule has 0 aliphatic carbocycles. The lowest BCUT2D eigenvalue weighted by Crippen LogP contribution is -2.41. The molecule has 2 N–H and O–H groups in total. The quantitative estimate of drug-likeness (QED) is 0.788. The second-order valence-corrected chi connectivity index (χ2v) is 7.90. The Kier molecular flexibility index (Phi) is 5.74. The third kappa shape index (κ3) is 4.62. The summed E-state index contributed by atoms with van der Waals surface area (Å²) in [7, 11) is -3.84. The fourth-order valence-corrected chi connectivity index (χ4v) is 3.44. The molecule has 0 fully saturated rings. The van der Waals surface area contributed by atoms with E-state index in [4.69, 9.17) is 0 Å². The first-order valence-electron chi connectivity index (χ1n) is 7.04. The van der Waals surface area contributed by atoms with Gasteiger partial charge in [0.05, 0.1) is 16.6 Å². The summed E-state index contributed by atoms with van der Waals surface area (Å²) in [4.78, 5) is 12.2. The first-order valence-corrected chi connectivity index (χ1v) is 9.31. The highest BCUT2D eigenvalue weighted by Crippen LogP contribution is 2.19. The average molecular weight is 415 g/mol. The molecule has 0 bridgehead atoms. The van der Waals surface area contributed by atoms with Gasteiger partial charge in [-0.3, -0.25) is 4.79 Å². The lowest BCUT2D eigenvalue weighted by molar-refractivity contribution is -0.117. The third-order valence-corrected chi connectivity index (χ3v) is 5.30. The molecule has 0 aliphatic heterocycles. The van der Waals surface area contributed by atoms with Crippen LogP contribution in [0.3, 0.4) is 0 Å². The van der Waals surface area contributed by atoms with E-state index in [9.17, 15) is 17.6 Å². The minimum absolute atomic E-state index is 0.0235. The van der Waals surface area contributed by atoms with Crippen molar-refractivity contribution in [1.82, 2.24) is 4.72 Å². The maximum absolute atomic E-state index is 13.7.